The van der Waals surface area contributed by atoms with Gasteiger partial charge in [0.2, 0.25) is 0 Å². The van der Waals surface area contributed by atoms with Crippen molar-refractivity contribution in [3.05, 3.63) is 34.7 Å². The van der Waals surface area contributed by atoms with Crippen molar-refractivity contribution in [2.75, 3.05) is 21.3 Å². The normalized spacial score (nSPS) is 10.1. The molecule has 0 atom stereocenters. The predicted octanol–water partition coefficient (Wildman–Crippen LogP) is 1.46. The van der Waals surface area contributed by atoms with E-state index in [1.54, 1.807) is 19.2 Å². The van der Waals surface area contributed by atoms with E-state index in [1.165, 1.54) is 26.5 Å². The van der Waals surface area contributed by atoms with Crippen LogP contribution in [0.2, 0.25) is 0 Å². The first-order valence-corrected chi connectivity index (χ1v) is 5.55. The van der Waals surface area contributed by atoms with Crippen LogP contribution in [0.25, 0.3) is 11.4 Å². The van der Waals surface area contributed by atoms with E-state index in [0.29, 0.717) is 28.6 Å². The number of aromatic nitrogens is 2. The summed E-state index contributed by atoms with van der Waals surface area (Å²) in [4.78, 5) is 18.2. The van der Waals surface area contributed by atoms with Crippen LogP contribution < -0.4 is 19.8 Å². The van der Waals surface area contributed by atoms with Gasteiger partial charge >= 0.3 is 0 Å². The molecule has 0 radical (unpaired) electrons. The Balaban J connectivity index is 2.70. The molecule has 19 heavy (non-hydrogen) atoms. The number of benzene rings is 1. The zero-order valence-electron chi connectivity index (χ0n) is 10.9. The topological polar surface area (TPSA) is 73.4 Å². The van der Waals surface area contributed by atoms with Gasteiger partial charge in [0.15, 0.2) is 0 Å². The minimum Gasteiger partial charge on any atom is -0.496 e. The van der Waals surface area contributed by atoms with Gasteiger partial charge in [-0.25, -0.2) is 4.98 Å². The fourth-order valence-electron chi connectivity index (χ4n) is 1.74. The standard InChI is InChI=1S/C13H14N2O4/c1-17-8-6-9(18-2)12(10(7-8)19-3)13-14-5-4-11(16)15-13/h4-7H,1-3H3,(H,14,15,16). The number of nitrogens with one attached hydrogen (secondary N) is 1. The van der Waals surface area contributed by atoms with Gasteiger partial charge in [0, 0.05) is 24.4 Å². The minimum absolute atomic E-state index is 0.245. The Kier molecular flexibility index (Phi) is 3.70. The lowest BCUT2D eigenvalue weighted by Gasteiger charge is -2.14. The molecule has 0 saturated heterocycles. The summed E-state index contributed by atoms with van der Waals surface area (Å²) in [7, 11) is 4.61. The molecule has 1 aromatic heterocycles. The Morgan fingerprint density at radius 2 is 1.68 bits per heavy atom. The van der Waals surface area contributed by atoms with E-state index in [1.807, 2.05) is 0 Å². The number of H-pyrrole nitrogens is 1. The van der Waals surface area contributed by atoms with Crippen LogP contribution in [0.15, 0.2) is 29.2 Å². The first-order chi connectivity index (χ1) is 9.19. The van der Waals surface area contributed by atoms with Crippen molar-refractivity contribution < 1.29 is 14.2 Å². The van der Waals surface area contributed by atoms with E-state index < -0.39 is 0 Å². The lowest BCUT2D eigenvalue weighted by Crippen LogP contribution is -2.07. The summed E-state index contributed by atoms with van der Waals surface area (Å²) in [5.74, 6) is 1.98. The van der Waals surface area contributed by atoms with Crippen molar-refractivity contribution in [2.45, 2.75) is 0 Å². The highest BCUT2D eigenvalue weighted by atomic mass is 16.5. The van der Waals surface area contributed by atoms with Crippen LogP contribution in [0.1, 0.15) is 0 Å². The second-order valence-corrected chi connectivity index (χ2v) is 3.69. The number of aromatic amines is 1. The Labute approximate surface area is 110 Å². The van der Waals surface area contributed by atoms with Crippen LogP contribution >= 0.6 is 0 Å². The molecule has 1 heterocycles. The number of hydrogen-bond acceptors (Lipinski definition) is 5. The third-order valence-corrected chi connectivity index (χ3v) is 2.62. The molecule has 0 spiro atoms. The van der Waals surface area contributed by atoms with Crippen molar-refractivity contribution in [3.63, 3.8) is 0 Å². The molecule has 0 aliphatic rings. The summed E-state index contributed by atoms with van der Waals surface area (Å²) in [6.07, 6.45) is 1.43. The van der Waals surface area contributed by atoms with Crippen LogP contribution in [0, 0.1) is 0 Å². The summed E-state index contributed by atoms with van der Waals surface area (Å²) >= 11 is 0. The van der Waals surface area contributed by atoms with E-state index in [0.717, 1.165) is 0 Å². The van der Waals surface area contributed by atoms with Crippen molar-refractivity contribution >= 4 is 0 Å². The summed E-state index contributed by atoms with van der Waals surface area (Å²) in [5, 5.41) is 0. The number of hydrogen-bond donors (Lipinski definition) is 1. The fourth-order valence-corrected chi connectivity index (χ4v) is 1.74. The highest BCUT2D eigenvalue weighted by molar-refractivity contribution is 5.73. The molecular formula is C13H14N2O4. The molecule has 2 aromatic rings. The molecule has 2 rings (SSSR count). The third kappa shape index (κ3) is 2.52. The van der Waals surface area contributed by atoms with Gasteiger partial charge < -0.3 is 19.2 Å². The van der Waals surface area contributed by atoms with Gasteiger partial charge in [0.25, 0.3) is 5.56 Å². The number of ether oxygens (including phenoxy) is 3. The molecule has 6 nitrogen and oxygen atoms in total. The summed E-state index contributed by atoms with van der Waals surface area (Å²) < 4.78 is 15.8. The SMILES string of the molecule is COc1cc(OC)c(-c2nccc(=O)[nH]2)c(OC)c1. The van der Waals surface area contributed by atoms with Gasteiger partial charge in [-0.1, -0.05) is 0 Å². The average Bonchev–Trinajstić information content (AvgIpc) is 2.45. The molecule has 0 aliphatic carbocycles. The molecule has 100 valence electrons. The molecule has 0 fully saturated rings. The maximum atomic E-state index is 11.4. The molecular weight excluding hydrogens is 248 g/mol. The highest BCUT2D eigenvalue weighted by Crippen LogP contribution is 2.39. The molecule has 0 bridgehead atoms. The quantitative estimate of drug-likeness (QED) is 0.903. The minimum atomic E-state index is -0.245. The number of methoxy groups -OCH3 is 3. The fraction of sp³-hybridized carbons (Fsp3) is 0.231. The summed E-state index contributed by atoms with van der Waals surface area (Å²) in [6, 6.07) is 4.74. The highest BCUT2D eigenvalue weighted by Gasteiger charge is 2.16. The zero-order chi connectivity index (χ0) is 13.8. The van der Waals surface area contributed by atoms with Crippen molar-refractivity contribution in [1.29, 1.82) is 0 Å². The van der Waals surface area contributed by atoms with E-state index in [-0.39, 0.29) is 5.56 Å². The van der Waals surface area contributed by atoms with Crippen LogP contribution in [-0.4, -0.2) is 31.3 Å². The van der Waals surface area contributed by atoms with Gasteiger partial charge in [0.05, 0.1) is 21.3 Å². The van der Waals surface area contributed by atoms with E-state index in [9.17, 15) is 4.79 Å². The van der Waals surface area contributed by atoms with E-state index >= 15 is 0 Å². The Morgan fingerprint density at radius 1 is 1.05 bits per heavy atom. The monoisotopic (exact) mass is 262 g/mol. The molecule has 1 N–H and O–H groups in total. The van der Waals surface area contributed by atoms with Crippen LogP contribution in [0.5, 0.6) is 17.2 Å². The molecule has 0 saturated carbocycles. The van der Waals surface area contributed by atoms with Crippen molar-refractivity contribution in [1.82, 2.24) is 9.97 Å². The Hall–Kier alpha value is -2.50. The summed E-state index contributed by atoms with van der Waals surface area (Å²) in [5.41, 5.74) is 0.327. The smallest absolute Gasteiger partial charge is 0.251 e. The van der Waals surface area contributed by atoms with Gasteiger partial charge in [-0.3, -0.25) is 4.79 Å². The Morgan fingerprint density at radius 3 is 2.16 bits per heavy atom. The molecule has 0 unspecified atom stereocenters. The first kappa shape index (κ1) is 12.9. The second-order valence-electron chi connectivity index (χ2n) is 3.69. The van der Waals surface area contributed by atoms with Gasteiger partial charge in [0.1, 0.15) is 28.6 Å². The van der Waals surface area contributed by atoms with Gasteiger partial charge in [-0.05, 0) is 0 Å². The molecule has 0 aliphatic heterocycles. The largest absolute Gasteiger partial charge is 0.496 e. The van der Waals surface area contributed by atoms with Gasteiger partial charge in [-0.2, -0.15) is 0 Å². The second kappa shape index (κ2) is 5.43. The zero-order valence-corrected chi connectivity index (χ0v) is 10.9. The predicted molar refractivity (Wildman–Crippen MR) is 69.9 cm³/mol. The van der Waals surface area contributed by atoms with E-state index in [4.69, 9.17) is 14.2 Å². The van der Waals surface area contributed by atoms with Crippen molar-refractivity contribution in [3.8, 4) is 28.6 Å². The van der Waals surface area contributed by atoms with Crippen LogP contribution in [-0.2, 0) is 0 Å². The third-order valence-electron chi connectivity index (χ3n) is 2.62. The average molecular weight is 262 g/mol. The lowest BCUT2D eigenvalue weighted by atomic mass is 10.1. The van der Waals surface area contributed by atoms with Crippen molar-refractivity contribution in [2.24, 2.45) is 0 Å². The number of rotatable bonds is 4. The van der Waals surface area contributed by atoms with Gasteiger partial charge in [-0.15, -0.1) is 0 Å². The van der Waals surface area contributed by atoms with Crippen LogP contribution in [0.3, 0.4) is 0 Å². The Bertz CT molecular complexity index is 612. The first-order valence-electron chi connectivity index (χ1n) is 5.55. The number of nitrogens with zero attached hydrogens (tertiary/aromatic N) is 1. The maximum absolute atomic E-state index is 11.4. The van der Waals surface area contributed by atoms with E-state index in [2.05, 4.69) is 9.97 Å². The van der Waals surface area contributed by atoms with Crippen LogP contribution in [0.4, 0.5) is 0 Å². The molecule has 6 heteroatoms. The molecule has 0 amide bonds. The lowest BCUT2D eigenvalue weighted by molar-refractivity contribution is 0.377. The molecule has 1 aromatic carbocycles. The summed E-state index contributed by atoms with van der Waals surface area (Å²) in [6.45, 7) is 0. The maximum Gasteiger partial charge on any atom is 0.251 e.